The van der Waals surface area contributed by atoms with Crippen LogP contribution in [-0.4, -0.2) is 30.0 Å². The van der Waals surface area contributed by atoms with Gasteiger partial charge < -0.3 is 10.6 Å². The topological polar surface area (TPSA) is 41.1 Å². The molecule has 0 bridgehead atoms. The second-order valence-electron chi connectivity index (χ2n) is 5.61. The summed E-state index contributed by atoms with van der Waals surface area (Å²) in [5.41, 5.74) is 0.742. The Hall–Kier alpha value is -0.710. The summed E-state index contributed by atoms with van der Waals surface area (Å²) in [5.74, 6) is -0.0238. The number of carbonyl (C=O) groups is 1. The van der Waals surface area contributed by atoms with Gasteiger partial charge in [-0.15, -0.1) is 0 Å². The van der Waals surface area contributed by atoms with E-state index in [4.69, 9.17) is 11.6 Å². The van der Waals surface area contributed by atoms with Crippen LogP contribution in [0, 0.1) is 0 Å². The number of amides is 1. The average Bonchev–Trinajstić information content (AvgIpc) is 2.48. The highest BCUT2D eigenvalue weighted by molar-refractivity contribution is 8.00. The Morgan fingerprint density at radius 3 is 2.76 bits per heavy atom. The third-order valence-corrected chi connectivity index (χ3v) is 5.69. The van der Waals surface area contributed by atoms with Crippen LogP contribution in [0.1, 0.15) is 32.1 Å². The van der Waals surface area contributed by atoms with Crippen molar-refractivity contribution in [3.8, 4) is 0 Å². The summed E-state index contributed by atoms with van der Waals surface area (Å²) >= 11 is 7.84. The molecule has 0 radical (unpaired) electrons. The minimum Gasteiger partial charge on any atom is -0.325 e. The highest BCUT2D eigenvalue weighted by Gasteiger charge is 2.30. The van der Waals surface area contributed by atoms with Crippen LogP contribution in [0.5, 0.6) is 0 Å². The van der Waals surface area contributed by atoms with Gasteiger partial charge in [0.15, 0.2) is 0 Å². The van der Waals surface area contributed by atoms with E-state index in [2.05, 4.69) is 16.9 Å². The molecule has 1 aliphatic rings. The van der Waals surface area contributed by atoms with E-state index in [1.54, 1.807) is 12.1 Å². The number of carbonyl (C=O) groups excluding carboxylic acids is 1. The molecule has 1 aliphatic carbocycles. The van der Waals surface area contributed by atoms with E-state index in [0.717, 1.165) is 12.2 Å². The van der Waals surface area contributed by atoms with Gasteiger partial charge in [0.25, 0.3) is 0 Å². The molecule has 1 fully saturated rings. The Morgan fingerprint density at radius 1 is 1.33 bits per heavy atom. The van der Waals surface area contributed by atoms with Crippen molar-refractivity contribution in [2.75, 3.05) is 24.7 Å². The van der Waals surface area contributed by atoms with Gasteiger partial charge in [-0.1, -0.05) is 36.9 Å². The first-order valence-corrected chi connectivity index (χ1v) is 9.05. The van der Waals surface area contributed by atoms with Crippen molar-refractivity contribution in [3.05, 3.63) is 29.3 Å². The summed E-state index contributed by atoms with van der Waals surface area (Å²) in [4.78, 5) is 11.9. The van der Waals surface area contributed by atoms with Gasteiger partial charge in [0.2, 0.25) is 5.91 Å². The number of benzene rings is 1. The molecule has 1 aromatic rings. The molecule has 0 heterocycles. The highest BCUT2D eigenvalue weighted by Crippen LogP contribution is 2.37. The van der Waals surface area contributed by atoms with Crippen molar-refractivity contribution in [3.63, 3.8) is 0 Å². The van der Waals surface area contributed by atoms with E-state index in [1.165, 1.54) is 32.1 Å². The van der Waals surface area contributed by atoms with Gasteiger partial charge in [-0.3, -0.25) is 4.79 Å². The van der Waals surface area contributed by atoms with Gasteiger partial charge >= 0.3 is 0 Å². The van der Waals surface area contributed by atoms with E-state index in [0.29, 0.717) is 16.3 Å². The first-order valence-electron chi connectivity index (χ1n) is 7.45. The molecule has 1 saturated carbocycles. The number of anilines is 1. The molecule has 0 aliphatic heterocycles. The molecule has 0 unspecified atom stereocenters. The summed E-state index contributed by atoms with van der Waals surface area (Å²) in [6.45, 7) is 1.24. The summed E-state index contributed by atoms with van der Waals surface area (Å²) in [5, 5.41) is 6.80. The van der Waals surface area contributed by atoms with Crippen LogP contribution in [0.2, 0.25) is 5.02 Å². The first-order chi connectivity index (χ1) is 10.1. The summed E-state index contributed by atoms with van der Waals surface area (Å²) < 4.78 is 0.314. The molecule has 3 nitrogen and oxygen atoms in total. The molecule has 0 saturated heterocycles. The SMILES string of the molecule is CSC1(CNCC(=O)Nc2cccc(Cl)c2)CCCCC1. The van der Waals surface area contributed by atoms with E-state index in [-0.39, 0.29) is 5.91 Å². The quantitative estimate of drug-likeness (QED) is 0.832. The monoisotopic (exact) mass is 326 g/mol. The number of halogens is 1. The Bertz CT molecular complexity index is 475. The van der Waals surface area contributed by atoms with Gasteiger partial charge in [0.1, 0.15) is 0 Å². The second-order valence-corrected chi connectivity index (χ2v) is 7.32. The number of thioether (sulfide) groups is 1. The van der Waals surface area contributed by atoms with Gasteiger partial charge in [0.05, 0.1) is 6.54 Å². The largest absolute Gasteiger partial charge is 0.325 e. The molecule has 0 aromatic heterocycles. The molecular formula is C16H23ClN2OS. The lowest BCUT2D eigenvalue weighted by Gasteiger charge is -2.36. The first kappa shape index (κ1) is 16.7. The lowest BCUT2D eigenvalue weighted by Crippen LogP contribution is -2.42. The molecular weight excluding hydrogens is 304 g/mol. The molecule has 21 heavy (non-hydrogen) atoms. The van der Waals surface area contributed by atoms with Crippen molar-refractivity contribution in [2.45, 2.75) is 36.9 Å². The van der Waals surface area contributed by atoms with Crippen molar-refractivity contribution < 1.29 is 4.79 Å². The minimum atomic E-state index is -0.0238. The Morgan fingerprint density at radius 2 is 2.10 bits per heavy atom. The van der Waals surface area contributed by atoms with Crippen LogP contribution in [0.3, 0.4) is 0 Å². The van der Waals surface area contributed by atoms with Crippen molar-refractivity contribution in [2.24, 2.45) is 0 Å². The zero-order valence-corrected chi connectivity index (χ0v) is 14.0. The summed E-state index contributed by atoms with van der Waals surface area (Å²) in [6.07, 6.45) is 8.62. The molecule has 0 atom stereocenters. The predicted octanol–water partition coefficient (Wildman–Crippen LogP) is 3.93. The van der Waals surface area contributed by atoms with E-state index >= 15 is 0 Å². The molecule has 2 rings (SSSR count). The van der Waals surface area contributed by atoms with Crippen molar-refractivity contribution in [1.29, 1.82) is 0 Å². The number of hydrogen-bond donors (Lipinski definition) is 2. The standard InChI is InChI=1S/C16H23ClN2OS/c1-21-16(8-3-2-4-9-16)12-18-11-15(20)19-14-7-5-6-13(17)10-14/h5-7,10,18H,2-4,8-9,11-12H2,1H3,(H,19,20). The predicted molar refractivity (Wildman–Crippen MR) is 92.3 cm³/mol. The number of hydrogen-bond acceptors (Lipinski definition) is 3. The van der Waals surface area contributed by atoms with Gasteiger partial charge in [0, 0.05) is 22.0 Å². The van der Waals surface area contributed by atoms with Crippen LogP contribution in [0.4, 0.5) is 5.69 Å². The Labute approximate surface area is 136 Å². The molecule has 1 amide bonds. The van der Waals surface area contributed by atoms with Gasteiger partial charge in [-0.2, -0.15) is 11.8 Å². The van der Waals surface area contributed by atoms with E-state index in [1.807, 2.05) is 23.9 Å². The maximum atomic E-state index is 11.9. The minimum absolute atomic E-state index is 0.0238. The van der Waals surface area contributed by atoms with Crippen LogP contribution in [0.15, 0.2) is 24.3 Å². The fourth-order valence-corrected chi connectivity index (χ4v) is 3.96. The third-order valence-electron chi connectivity index (χ3n) is 4.04. The normalized spacial score (nSPS) is 17.4. The second kappa shape index (κ2) is 8.06. The summed E-state index contributed by atoms with van der Waals surface area (Å²) in [7, 11) is 0. The zero-order valence-electron chi connectivity index (χ0n) is 12.5. The van der Waals surface area contributed by atoms with Gasteiger partial charge in [-0.25, -0.2) is 0 Å². The van der Waals surface area contributed by atoms with E-state index < -0.39 is 0 Å². The average molecular weight is 327 g/mol. The number of rotatable bonds is 6. The third kappa shape index (κ3) is 5.20. The molecule has 2 N–H and O–H groups in total. The number of nitrogens with one attached hydrogen (secondary N) is 2. The van der Waals surface area contributed by atoms with Crippen LogP contribution >= 0.6 is 23.4 Å². The lowest BCUT2D eigenvalue weighted by molar-refractivity contribution is -0.115. The molecule has 116 valence electrons. The van der Waals surface area contributed by atoms with Crippen molar-refractivity contribution in [1.82, 2.24) is 5.32 Å². The van der Waals surface area contributed by atoms with Crippen molar-refractivity contribution >= 4 is 35.0 Å². The van der Waals surface area contributed by atoms with Crippen LogP contribution in [-0.2, 0) is 4.79 Å². The van der Waals surface area contributed by atoms with Crippen LogP contribution < -0.4 is 10.6 Å². The zero-order chi connectivity index (χ0) is 15.1. The summed E-state index contributed by atoms with van der Waals surface area (Å²) in [6, 6.07) is 7.22. The molecule has 0 spiro atoms. The van der Waals surface area contributed by atoms with E-state index in [9.17, 15) is 4.79 Å². The lowest BCUT2D eigenvalue weighted by atomic mass is 9.88. The van der Waals surface area contributed by atoms with Crippen LogP contribution in [0.25, 0.3) is 0 Å². The Kier molecular flexibility index (Phi) is 6.40. The Balaban J connectivity index is 1.76. The fourth-order valence-electron chi connectivity index (χ4n) is 2.82. The highest BCUT2D eigenvalue weighted by atomic mass is 35.5. The maximum Gasteiger partial charge on any atom is 0.238 e. The smallest absolute Gasteiger partial charge is 0.238 e. The van der Waals surface area contributed by atoms with Gasteiger partial charge in [-0.05, 0) is 37.3 Å². The molecule has 1 aromatic carbocycles. The fraction of sp³-hybridized carbons (Fsp3) is 0.562. The maximum absolute atomic E-state index is 11.9. The molecule has 5 heteroatoms.